The first-order chi connectivity index (χ1) is 16.9. The predicted molar refractivity (Wildman–Crippen MR) is 141 cm³/mol. The molecule has 0 fully saturated rings. The molecule has 1 aliphatic rings. The van der Waals surface area contributed by atoms with Crippen molar-refractivity contribution in [1.29, 1.82) is 0 Å². The smallest absolute Gasteiger partial charge is 0.338 e. The minimum atomic E-state index is -1.56. The third kappa shape index (κ3) is 5.19. The van der Waals surface area contributed by atoms with Crippen LogP contribution in [-0.4, -0.2) is 37.5 Å². The van der Waals surface area contributed by atoms with E-state index in [9.17, 15) is 9.00 Å². The molecule has 2 atom stereocenters. The maximum Gasteiger partial charge on any atom is 0.338 e. The lowest BCUT2D eigenvalue weighted by Crippen LogP contribution is -2.22. The lowest BCUT2D eigenvalue weighted by atomic mass is 10.2. The number of carbonyl (C=O) groups is 1. The average molecular weight is 536 g/mol. The minimum absolute atomic E-state index is 0.306. The Balaban J connectivity index is 1.58. The quantitative estimate of drug-likeness (QED) is 0.341. The van der Waals surface area contributed by atoms with Gasteiger partial charge in [-0.25, -0.2) is 9.00 Å². The van der Waals surface area contributed by atoms with Gasteiger partial charge in [-0.15, -0.1) is 11.3 Å². The van der Waals surface area contributed by atoms with Crippen LogP contribution in [0.1, 0.15) is 35.2 Å². The summed E-state index contributed by atoms with van der Waals surface area (Å²) in [7, 11) is 1.76. The summed E-state index contributed by atoms with van der Waals surface area (Å²) in [5.74, 6) is 0.800. The summed E-state index contributed by atoms with van der Waals surface area (Å²) in [5, 5.41) is 6.73. The van der Waals surface area contributed by atoms with Crippen LogP contribution in [0.25, 0.3) is 0 Å². The molecular weight excluding hydrogens is 510 g/mol. The number of fused-ring (bicyclic) bond motifs is 1. The lowest BCUT2D eigenvalue weighted by molar-refractivity contribution is 0.0526. The van der Waals surface area contributed by atoms with Crippen LogP contribution >= 0.6 is 22.9 Å². The molecule has 0 bridgehead atoms. The molecule has 0 aliphatic carbocycles. The van der Waals surface area contributed by atoms with Crippen LogP contribution in [0.15, 0.2) is 47.4 Å². The van der Waals surface area contributed by atoms with E-state index in [4.69, 9.17) is 25.8 Å². The number of methoxy groups -OCH3 is 1. The molecule has 3 aromatic rings. The Labute approximate surface area is 215 Å². The topological polar surface area (TPSA) is 89.1 Å². The van der Waals surface area contributed by atoms with Gasteiger partial charge in [0.15, 0.2) is 22.5 Å². The van der Waals surface area contributed by atoms with E-state index in [1.165, 1.54) is 11.3 Å². The normalized spacial score (nSPS) is 14.9. The summed E-state index contributed by atoms with van der Waals surface area (Å²) in [5.41, 5.74) is 2.74. The zero-order valence-electron chi connectivity index (χ0n) is 19.7. The van der Waals surface area contributed by atoms with E-state index in [2.05, 4.69) is 10.6 Å². The van der Waals surface area contributed by atoms with Gasteiger partial charge in [0.2, 0.25) is 0 Å². The number of hydrogen-bond acceptors (Lipinski definition) is 8. The van der Waals surface area contributed by atoms with E-state index in [-0.39, 0.29) is 12.1 Å². The Hall–Kier alpha value is -2.95. The molecule has 2 aromatic carbocycles. The molecule has 4 rings (SSSR count). The van der Waals surface area contributed by atoms with Crippen molar-refractivity contribution in [2.75, 3.05) is 42.3 Å². The first kappa shape index (κ1) is 25.2. The number of halogens is 1. The van der Waals surface area contributed by atoms with E-state index >= 15 is 0 Å². The van der Waals surface area contributed by atoms with Crippen LogP contribution in [0.5, 0.6) is 11.5 Å². The van der Waals surface area contributed by atoms with E-state index in [1.807, 2.05) is 19.1 Å². The molecule has 2 heterocycles. The van der Waals surface area contributed by atoms with Crippen molar-refractivity contribution in [2.24, 2.45) is 0 Å². The summed E-state index contributed by atoms with van der Waals surface area (Å²) in [6.07, 6.45) is -0.359. The number of nitrogens with zero attached hydrogens (tertiary/aromatic N) is 1. The summed E-state index contributed by atoms with van der Waals surface area (Å²) >= 11 is 7.71. The van der Waals surface area contributed by atoms with Gasteiger partial charge in [0.25, 0.3) is 0 Å². The molecule has 0 radical (unpaired) electrons. The Morgan fingerprint density at radius 1 is 1.09 bits per heavy atom. The second kappa shape index (κ2) is 10.8. The van der Waals surface area contributed by atoms with Crippen molar-refractivity contribution in [3.8, 4) is 11.5 Å². The van der Waals surface area contributed by atoms with E-state index in [1.54, 1.807) is 55.7 Å². The third-order valence-corrected chi connectivity index (χ3v) is 8.22. The van der Waals surface area contributed by atoms with Crippen LogP contribution < -0.4 is 24.4 Å². The highest BCUT2D eigenvalue weighted by molar-refractivity contribution is 7.86. The Morgan fingerprint density at radius 2 is 1.86 bits per heavy atom. The van der Waals surface area contributed by atoms with Crippen molar-refractivity contribution in [2.45, 2.75) is 24.9 Å². The van der Waals surface area contributed by atoms with Crippen molar-refractivity contribution in [3.05, 3.63) is 57.2 Å². The van der Waals surface area contributed by atoms with Gasteiger partial charge in [-0.2, -0.15) is 0 Å². The number of anilines is 3. The van der Waals surface area contributed by atoms with Gasteiger partial charge in [-0.05, 0) is 50.2 Å². The number of hydrogen-bond donors (Lipinski definition) is 2. The maximum absolute atomic E-state index is 13.6. The molecule has 0 spiro atoms. The van der Waals surface area contributed by atoms with Crippen LogP contribution in [-0.2, 0) is 15.7 Å². The Morgan fingerprint density at radius 3 is 2.57 bits per heavy atom. The second-order valence-corrected chi connectivity index (χ2v) is 10.7. The number of thiophene rings is 1. The van der Waals surface area contributed by atoms with Crippen molar-refractivity contribution in [1.82, 2.24) is 0 Å². The van der Waals surface area contributed by atoms with Crippen LogP contribution in [0.4, 0.5) is 17.1 Å². The van der Waals surface area contributed by atoms with E-state index in [0.717, 1.165) is 16.3 Å². The van der Waals surface area contributed by atoms with Gasteiger partial charge in [-0.3, -0.25) is 4.31 Å². The van der Waals surface area contributed by atoms with Crippen molar-refractivity contribution < 1.29 is 23.2 Å². The fourth-order valence-electron chi connectivity index (χ4n) is 3.68. The molecule has 186 valence electrons. The zero-order valence-corrected chi connectivity index (χ0v) is 22.1. The standard InChI is InChI=1S/C24H26ClN3O5S2/c1-5-32-18-10-8-15(12-19(18)31-4)28(3)35(30)20-13-21(25)34-22(20)23-26-16-9-7-14(11-17(16)27-23)24(29)33-6-2/h7-13,23,26-27H,5-6H2,1-4H3. The Bertz CT molecular complexity index is 1270. The summed E-state index contributed by atoms with van der Waals surface area (Å²) < 4.78 is 31.9. The first-order valence-corrected chi connectivity index (χ1v) is 13.3. The first-order valence-electron chi connectivity index (χ1n) is 11.0. The third-order valence-electron chi connectivity index (χ3n) is 5.33. The number of ether oxygens (including phenoxy) is 3. The van der Waals surface area contributed by atoms with Crippen LogP contribution in [0, 0.1) is 0 Å². The number of rotatable bonds is 9. The molecule has 8 nitrogen and oxygen atoms in total. The van der Waals surface area contributed by atoms with Crippen LogP contribution in [0.3, 0.4) is 0 Å². The van der Waals surface area contributed by atoms with Crippen LogP contribution in [0.2, 0.25) is 4.34 Å². The maximum atomic E-state index is 13.6. The van der Waals surface area contributed by atoms with Gasteiger partial charge in [0.05, 0.1) is 57.1 Å². The fourth-order valence-corrected chi connectivity index (χ4v) is 6.40. The van der Waals surface area contributed by atoms with E-state index < -0.39 is 11.0 Å². The van der Waals surface area contributed by atoms with Gasteiger partial charge >= 0.3 is 5.97 Å². The molecule has 0 saturated heterocycles. The summed E-state index contributed by atoms with van der Waals surface area (Å²) in [4.78, 5) is 13.5. The molecule has 2 N–H and O–H groups in total. The fraction of sp³-hybridized carbons (Fsp3) is 0.292. The highest BCUT2D eigenvalue weighted by Gasteiger charge is 2.29. The molecule has 2 unspecified atom stereocenters. The average Bonchev–Trinajstić information content (AvgIpc) is 3.46. The molecule has 0 amide bonds. The zero-order chi connectivity index (χ0) is 25.1. The molecule has 1 aromatic heterocycles. The molecule has 0 saturated carbocycles. The molecule has 35 heavy (non-hydrogen) atoms. The van der Waals surface area contributed by atoms with Gasteiger partial charge in [0, 0.05) is 13.1 Å². The number of carbonyl (C=O) groups excluding carboxylic acids is 1. The predicted octanol–water partition coefficient (Wildman–Crippen LogP) is 5.68. The highest BCUT2D eigenvalue weighted by Crippen LogP contribution is 2.43. The minimum Gasteiger partial charge on any atom is -0.493 e. The number of esters is 1. The van der Waals surface area contributed by atoms with Gasteiger partial charge in [0.1, 0.15) is 6.17 Å². The van der Waals surface area contributed by atoms with Crippen molar-refractivity contribution >= 4 is 57.0 Å². The molecule has 1 aliphatic heterocycles. The molecule has 11 heteroatoms. The Kier molecular flexibility index (Phi) is 7.73. The van der Waals surface area contributed by atoms with Gasteiger partial charge in [-0.1, -0.05) is 11.6 Å². The number of nitrogens with one attached hydrogen (secondary N) is 2. The molecular formula is C24H26ClN3O5S2. The van der Waals surface area contributed by atoms with Gasteiger partial charge < -0.3 is 24.8 Å². The van der Waals surface area contributed by atoms with Crippen molar-refractivity contribution in [3.63, 3.8) is 0 Å². The summed E-state index contributed by atoms with van der Waals surface area (Å²) in [6, 6.07) is 12.4. The lowest BCUT2D eigenvalue weighted by Gasteiger charge is -2.21. The SMILES string of the molecule is CCOC(=O)c1ccc2c(c1)NC(c1sc(Cl)cc1S(=O)N(C)c1ccc(OCC)c(OC)c1)N2. The number of benzene rings is 2. The second-order valence-electron chi connectivity index (χ2n) is 7.50. The summed E-state index contributed by atoms with van der Waals surface area (Å²) in [6.45, 7) is 4.49. The monoisotopic (exact) mass is 535 g/mol. The largest absolute Gasteiger partial charge is 0.493 e. The highest BCUT2D eigenvalue weighted by atomic mass is 35.5. The van der Waals surface area contributed by atoms with E-state index in [0.29, 0.717) is 45.2 Å².